The molecule has 0 saturated carbocycles. The molecule has 0 aromatic heterocycles. The van der Waals surface area contributed by atoms with Crippen LogP contribution >= 0.6 is 11.6 Å². The third-order valence-electron chi connectivity index (χ3n) is 2.84. The molecule has 0 aliphatic heterocycles. The number of para-hydroxylation sites is 1. The number of nitrogens with zero attached hydrogens (tertiary/aromatic N) is 1. The van der Waals surface area contributed by atoms with E-state index >= 15 is 0 Å². The first-order valence-corrected chi connectivity index (χ1v) is 6.29. The van der Waals surface area contributed by atoms with E-state index in [-0.39, 0.29) is 21.9 Å². The van der Waals surface area contributed by atoms with Crippen molar-refractivity contribution in [2.24, 2.45) is 5.73 Å². The molecule has 21 heavy (non-hydrogen) atoms. The molecule has 0 fully saturated rings. The molecule has 0 spiro atoms. The number of anilines is 2. The molecule has 0 bridgehead atoms. The third-order valence-corrected chi connectivity index (χ3v) is 3.14. The van der Waals surface area contributed by atoms with Gasteiger partial charge in [-0.2, -0.15) is 0 Å². The first kappa shape index (κ1) is 15.3. The van der Waals surface area contributed by atoms with E-state index in [0.717, 1.165) is 11.0 Å². The van der Waals surface area contributed by atoms with Crippen molar-refractivity contribution >= 4 is 41.6 Å². The van der Waals surface area contributed by atoms with Crippen LogP contribution in [0.3, 0.4) is 0 Å². The monoisotopic (exact) mass is 308 g/mol. The molecule has 0 aliphatic carbocycles. The number of hydrogen-bond acceptors (Lipinski definition) is 3. The van der Waals surface area contributed by atoms with Crippen LogP contribution in [-0.2, 0) is 0 Å². The molecular weight excluding hydrogens is 297 g/mol. The van der Waals surface area contributed by atoms with Crippen molar-refractivity contribution in [1.29, 1.82) is 0 Å². The summed E-state index contributed by atoms with van der Waals surface area (Å²) >= 11 is 5.60. The Bertz CT molecular complexity index is 684. The van der Waals surface area contributed by atoms with Gasteiger partial charge in [0.05, 0.1) is 16.4 Å². The first-order valence-electron chi connectivity index (χ1n) is 5.91. The molecule has 0 heterocycles. The smallest absolute Gasteiger partial charge is 0.423 e. The summed E-state index contributed by atoms with van der Waals surface area (Å²) in [6.45, 7) is 0. The van der Waals surface area contributed by atoms with Crippen molar-refractivity contribution in [2.45, 2.75) is 0 Å². The lowest BCUT2D eigenvalue weighted by Gasteiger charge is -2.23. The summed E-state index contributed by atoms with van der Waals surface area (Å²) in [5.41, 5.74) is 5.65. The lowest BCUT2D eigenvalue weighted by Crippen LogP contribution is -2.40. The van der Waals surface area contributed by atoms with Gasteiger partial charge in [0.25, 0.3) is 0 Å². The number of rotatable bonds is 3. The van der Waals surface area contributed by atoms with Crippen molar-refractivity contribution in [3.63, 3.8) is 0 Å². The lowest BCUT2D eigenvalue weighted by molar-refractivity contribution is 0.256. The van der Waals surface area contributed by atoms with Gasteiger partial charge in [-0.05, 0) is 24.3 Å². The molecule has 0 radical (unpaired) electrons. The number of carbonyl (C=O) groups excluding carboxylic acids is 1. The summed E-state index contributed by atoms with van der Waals surface area (Å²) in [4.78, 5) is 12.7. The Labute approximate surface area is 125 Å². The van der Waals surface area contributed by atoms with Crippen molar-refractivity contribution in [2.75, 3.05) is 4.90 Å². The van der Waals surface area contributed by atoms with Crippen molar-refractivity contribution in [3.8, 4) is 0 Å². The Morgan fingerprint density at radius 1 is 1.24 bits per heavy atom. The molecule has 2 amide bonds. The van der Waals surface area contributed by atoms with Crippen LogP contribution in [0.4, 0.5) is 20.6 Å². The van der Waals surface area contributed by atoms with Crippen LogP contribution in [0.2, 0.25) is 5.02 Å². The summed E-state index contributed by atoms with van der Waals surface area (Å²) in [7, 11) is -1.81. The van der Waals surface area contributed by atoms with Gasteiger partial charge >= 0.3 is 13.1 Å². The van der Waals surface area contributed by atoms with Crippen LogP contribution in [0, 0.1) is 5.82 Å². The normalized spacial score (nSPS) is 10.3. The molecule has 5 nitrogen and oxygen atoms in total. The molecular formula is C13H11BClFN2O3. The summed E-state index contributed by atoms with van der Waals surface area (Å²) < 4.78 is 13.6. The molecule has 8 heteroatoms. The fourth-order valence-corrected chi connectivity index (χ4v) is 2.04. The first-order chi connectivity index (χ1) is 9.91. The molecule has 2 aromatic carbocycles. The topological polar surface area (TPSA) is 86.8 Å². The number of carbonyl (C=O) groups is 1. The Morgan fingerprint density at radius 2 is 1.90 bits per heavy atom. The highest BCUT2D eigenvalue weighted by molar-refractivity contribution is 6.60. The Kier molecular flexibility index (Phi) is 4.47. The summed E-state index contributed by atoms with van der Waals surface area (Å²) in [5.74, 6) is -0.720. The van der Waals surface area contributed by atoms with Gasteiger partial charge in [0.1, 0.15) is 5.82 Å². The number of primary amides is 1. The minimum atomic E-state index is -1.81. The summed E-state index contributed by atoms with van der Waals surface area (Å²) in [6, 6.07) is 8.85. The van der Waals surface area contributed by atoms with Gasteiger partial charge in [0, 0.05) is 5.46 Å². The van der Waals surface area contributed by atoms with Crippen LogP contribution in [0.1, 0.15) is 0 Å². The highest BCUT2D eigenvalue weighted by atomic mass is 35.5. The zero-order valence-corrected chi connectivity index (χ0v) is 11.5. The number of hydrogen-bond donors (Lipinski definition) is 3. The predicted molar refractivity (Wildman–Crippen MR) is 79.4 cm³/mol. The largest absolute Gasteiger partial charge is 0.490 e. The average molecular weight is 309 g/mol. The molecule has 2 aromatic rings. The van der Waals surface area contributed by atoms with Crippen LogP contribution in [0.5, 0.6) is 0 Å². The highest BCUT2D eigenvalue weighted by Gasteiger charge is 2.24. The molecule has 2 rings (SSSR count). The van der Waals surface area contributed by atoms with E-state index in [1.54, 1.807) is 12.1 Å². The van der Waals surface area contributed by atoms with Gasteiger partial charge in [0.15, 0.2) is 0 Å². The van der Waals surface area contributed by atoms with Gasteiger partial charge in [0.2, 0.25) is 0 Å². The van der Waals surface area contributed by atoms with Crippen LogP contribution in [0.15, 0.2) is 42.5 Å². The number of benzene rings is 2. The number of amides is 2. The second kappa shape index (κ2) is 6.13. The average Bonchev–Trinajstić information content (AvgIpc) is 2.43. The third kappa shape index (κ3) is 3.16. The molecule has 4 N–H and O–H groups in total. The predicted octanol–water partition coefficient (Wildman–Crippen LogP) is 1.38. The number of halogens is 2. The minimum absolute atomic E-state index is 0.0617. The van der Waals surface area contributed by atoms with Gasteiger partial charge in [-0.1, -0.05) is 29.8 Å². The Hall–Kier alpha value is -2.09. The summed E-state index contributed by atoms with van der Waals surface area (Å²) in [6.07, 6.45) is 0. The molecule has 0 saturated heterocycles. The van der Waals surface area contributed by atoms with Gasteiger partial charge in [-0.3, -0.25) is 4.90 Å². The fourth-order valence-electron chi connectivity index (χ4n) is 1.92. The Morgan fingerprint density at radius 3 is 2.48 bits per heavy atom. The van der Waals surface area contributed by atoms with Crippen molar-refractivity contribution < 1.29 is 19.2 Å². The van der Waals surface area contributed by atoms with Crippen LogP contribution in [0.25, 0.3) is 0 Å². The standard InChI is InChI=1S/C13H11BClFN2O3/c15-10-6-5-8(7-11(10)16)18(13(17)19)12-4-2-1-3-9(12)14(20)21/h1-7,20-21H,(H2,17,19). The van der Waals surface area contributed by atoms with E-state index in [1.807, 2.05) is 0 Å². The van der Waals surface area contributed by atoms with E-state index in [0.29, 0.717) is 0 Å². The fraction of sp³-hybridized carbons (Fsp3) is 0. The zero-order chi connectivity index (χ0) is 15.6. The number of nitrogens with two attached hydrogens (primary N) is 1. The van der Waals surface area contributed by atoms with E-state index in [2.05, 4.69) is 0 Å². The maximum atomic E-state index is 13.6. The quantitative estimate of drug-likeness (QED) is 0.749. The van der Waals surface area contributed by atoms with E-state index < -0.39 is 19.0 Å². The number of urea groups is 1. The van der Waals surface area contributed by atoms with E-state index in [1.165, 1.54) is 24.3 Å². The van der Waals surface area contributed by atoms with Gasteiger partial charge < -0.3 is 15.8 Å². The van der Waals surface area contributed by atoms with Gasteiger partial charge in [-0.25, -0.2) is 9.18 Å². The van der Waals surface area contributed by atoms with Crippen molar-refractivity contribution in [1.82, 2.24) is 0 Å². The second-order valence-corrected chi connectivity index (χ2v) is 4.61. The van der Waals surface area contributed by atoms with E-state index in [9.17, 15) is 19.2 Å². The maximum absolute atomic E-state index is 13.6. The zero-order valence-electron chi connectivity index (χ0n) is 10.7. The SMILES string of the molecule is NC(=O)N(c1ccc(Cl)c(F)c1)c1ccccc1B(O)O. The van der Waals surface area contributed by atoms with E-state index in [4.69, 9.17) is 17.3 Å². The molecule has 0 unspecified atom stereocenters. The molecule has 0 aliphatic rings. The van der Waals surface area contributed by atoms with Crippen LogP contribution < -0.4 is 16.1 Å². The molecule has 0 atom stereocenters. The van der Waals surface area contributed by atoms with Gasteiger partial charge in [-0.15, -0.1) is 0 Å². The summed E-state index contributed by atoms with van der Waals surface area (Å²) in [5, 5.41) is 18.6. The maximum Gasteiger partial charge on any atom is 0.490 e. The Balaban J connectivity index is 2.59. The second-order valence-electron chi connectivity index (χ2n) is 4.20. The van der Waals surface area contributed by atoms with Crippen molar-refractivity contribution in [3.05, 3.63) is 53.3 Å². The minimum Gasteiger partial charge on any atom is -0.423 e. The highest BCUT2D eigenvalue weighted by Crippen LogP contribution is 2.27. The van der Waals surface area contributed by atoms with Crippen LogP contribution in [-0.4, -0.2) is 23.2 Å². The molecule has 108 valence electrons. The lowest BCUT2D eigenvalue weighted by atomic mass is 9.78.